The molecule has 26 heavy (non-hydrogen) atoms. The third kappa shape index (κ3) is 5.05. The predicted molar refractivity (Wildman–Crippen MR) is 94.4 cm³/mol. The van der Waals surface area contributed by atoms with E-state index in [1.54, 1.807) is 24.3 Å². The minimum atomic E-state index is -4.24. The molecular weight excluding hydrogens is 363 g/mol. The zero-order valence-corrected chi connectivity index (χ0v) is 14.7. The van der Waals surface area contributed by atoms with Crippen molar-refractivity contribution in [3.05, 3.63) is 64.2 Å². The fraction of sp³-hybridized carbons (Fsp3) is 0.188. The maximum atomic E-state index is 12.5. The first-order valence-electron chi connectivity index (χ1n) is 7.51. The molecule has 0 aromatic heterocycles. The fourth-order valence-electron chi connectivity index (χ4n) is 2.10. The molecule has 1 atom stereocenters. The molecule has 138 valence electrons. The maximum Gasteiger partial charge on any atom is 0.486 e. The second-order valence-electron chi connectivity index (χ2n) is 5.42. The number of hydrogen-bond acceptors (Lipinski definition) is 5. The van der Waals surface area contributed by atoms with Gasteiger partial charge in [0.1, 0.15) is 5.75 Å². The summed E-state index contributed by atoms with van der Waals surface area (Å²) in [5.41, 5.74) is 1.03. The molecule has 2 N–H and O–H groups in total. The van der Waals surface area contributed by atoms with Gasteiger partial charge in [0.05, 0.1) is 4.92 Å². The van der Waals surface area contributed by atoms with Crippen molar-refractivity contribution in [2.75, 3.05) is 11.7 Å². The van der Waals surface area contributed by atoms with Crippen molar-refractivity contribution in [1.82, 2.24) is 0 Å². The second kappa shape index (κ2) is 7.99. The van der Waals surface area contributed by atoms with E-state index in [2.05, 4.69) is 0 Å². The van der Waals surface area contributed by atoms with Gasteiger partial charge >= 0.3 is 13.7 Å². The Bertz CT molecular complexity index is 837. The van der Waals surface area contributed by atoms with E-state index in [1.807, 2.05) is 0 Å². The molecule has 2 rings (SSSR count). The Morgan fingerprint density at radius 2 is 1.77 bits per heavy atom. The zero-order valence-electron chi connectivity index (χ0n) is 13.8. The largest absolute Gasteiger partial charge is 0.486 e. The molecule has 9 nitrogen and oxygen atoms in total. The van der Waals surface area contributed by atoms with Gasteiger partial charge < -0.3 is 9.63 Å². The molecular formula is C16H17N2O7P. The quantitative estimate of drug-likeness (QED) is 0.405. The standard InChI is InChI=1S/C16H17N2O7P/c1-17(13-5-2-12(3-6-13)4-11-16(19)20)26(23,24)25-15-9-7-14(8-10-15)18(21)22/h2-3,5-10H,4,11H2,1H3,(H,19,20)(H,23,24). The van der Waals surface area contributed by atoms with Gasteiger partial charge in [0.25, 0.3) is 5.69 Å². The molecule has 10 heteroatoms. The molecule has 0 spiro atoms. The number of carboxylic acids is 1. The first-order valence-corrected chi connectivity index (χ1v) is 9.04. The van der Waals surface area contributed by atoms with Crippen LogP contribution in [0.2, 0.25) is 0 Å². The van der Waals surface area contributed by atoms with Gasteiger partial charge in [0.15, 0.2) is 0 Å². The van der Waals surface area contributed by atoms with Crippen LogP contribution in [0.15, 0.2) is 48.5 Å². The SMILES string of the molecule is CN(c1ccc(CCC(=O)O)cc1)P(=O)(O)Oc1ccc([N+](=O)[O-])cc1. The molecule has 0 saturated carbocycles. The Balaban J connectivity index is 2.08. The lowest BCUT2D eigenvalue weighted by atomic mass is 10.1. The van der Waals surface area contributed by atoms with Gasteiger partial charge in [-0.2, -0.15) is 0 Å². The van der Waals surface area contributed by atoms with Crippen LogP contribution in [0.5, 0.6) is 5.75 Å². The van der Waals surface area contributed by atoms with Gasteiger partial charge in [-0.1, -0.05) is 12.1 Å². The van der Waals surface area contributed by atoms with E-state index in [4.69, 9.17) is 9.63 Å². The number of nitro benzene ring substituents is 1. The molecule has 2 aromatic carbocycles. The highest BCUT2D eigenvalue weighted by molar-refractivity contribution is 7.55. The molecule has 1 unspecified atom stereocenters. The van der Waals surface area contributed by atoms with E-state index in [1.165, 1.54) is 31.3 Å². The number of anilines is 1. The predicted octanol–water partition coefficient (Wildman–Crippen LogP) is 3.23. The third-order valence-electron chi connectivity index (χ3n) is 3.59. The van der Waals surface area contributed by atoms with Crippen molar-refractivity contribution in [1.29, 1.82) is 0 Å². The monoisotopic (exact) mass is 380 g/mol. The molecule has 0 amide bonds. The summed E-state index contributed by atoms with van der Waals surface area (Å²) in [5, 5.41) is 19.3. The van der Waals surface area contributed by atoms with Crippen LogP contribution in [0, 0.1) is 10.1 Å². The van der Waals surface area contributed by atoms with Crippen molar-refractivity contribution in [3.63, 3.8) is 0 Å². The number of aryl methyl sites for hydroxylation is 1. The fourth-order valence-corrected chi connectivity index (χ4v) is 3.05. The van der Waals surface area contributed by atoms with Gasteiger partial charge in [0, 0.05) is 31.3 Å². The molecule has 0 radical (unpaired) electrons. The maximum absolute atomic E-state index is 12.5. The van der Waals surface area contributed by atoms with Crippen molar-refractivity contribution in [3.8, 4) is 5.75 Å². The number of nitrogens with zero attached hydrogens (tertiary/aromatic N) is 2. The molecule has 0 aliphatic heterocycles. The van der Waals surface area contributed by atoms with Crippen molar-refractivity contribution in [2.45, 2.75) is 12.8 Å². The van der Waals surface area contributed by atoms with E-state index < -0.39 is 18.6 Å². The summed E-state index contributed by atoms with van der Waals surface area (Å²) in [6.07, 6.45) is 0.354. The Labute approximate surface area is 149 Å². The number of non-ortho nitro benzene ring substituents is 1. The lowest BCUT2D eigenvalue weighted by Crippen LogP contribution is -2.17. The Hall–Kier alpha value is -2.90. The lowest BCUT2D eigenvalue weighted by molar-refractivity contribution is -0.384. The first kappa shape index (κ1) is 19.4. The van der Waals surface area contributed by atoms with Crippen LogP contribution < -0.4 is 9.19 Å². The molecule has 0 bridgehead atoms. The summed E-state index contributed by atoms with van der Waals surface area (Å²) in [7, 11) is -2.87. The summed E-state index contributed by atoms with van der Waals surface area (Å²) < 4.78 is 18.6. The molecule has 0 heterocycles. The van der Waals surface area contributed by atoms with Crippen LogP contribution in [0.3, 0.4) is 0 Å². The van der Waals surface area contributed by atoms with E-state index in [9.17, 15) is 24.4 Å². The zero-order chi connectivity index (χ0) is 19.3. The van der Waals surface area contributed by atoms with Gasteiger partial charge in [-0.25, -0.2) is 4.57 Å². The van der Waals surface area contributed by atoms with Crippen molar-refractivity contribution >= 4 is 25.1 Å². The van der Waals surface area contributed by atoms with Gasteiger partial charge in [-0.3, -0.25) is 24.5 Å². The minimum Gasteiger partial charge on any atom is -0.481 e. The van der Waals surface area contributed by atoms with Gasteiger partial charge in [0.2, 0.25) is 0 Å². The van der Waals surface area contributed by atoms with Crippen LogP contribution in [0.25, 0.3) is 0 Å². The topological polar surface area (TPSA) is 130 Å². The number of rotatable bonds is 8. The number of carbonyl (C=O) groups is 1. The molecule has 2 aromatic rings. The molecule has 0 saturated heterocycles. The number of nitro groups is 1. The summed E-state index contributed by atoms with van der Waals surface area (Å²) >= 11 is 0. The molecule has 0 aliphatic carbocycles. The minimum absolute atomic E-state index is 0.00304. The highest BCUT2D eigenvalue weighted by Crippen LogP contribution is 2.48. The first-order chi connectivity index (χ1) is 12.2. The van der Waals surface area contributed by atoms with Crippen LogP contribution in [0.4, 0.5) is 11.4 Å². The van der Waals surface area contributed by atoms with Crippen LogP contribution in [-0.4, -0.2) is 27.9 Å². The van der Waals surface area contributed by atoms with E-state index in [-0.39, 0.29) is 17.9 Å². The van der Waals surface area contributed by atoms with Crippen molar-refractivity contribution < 1.29 is 28.8 Å². The highest BCUT2D eigenvalue weighted by atomic mass is 31.2. The highest BCUT2D eigenvalue weighted by Gasteiger charge is 2.28. The summed E-state index contributed by atoms with van der Waals surface area (Å²) in [6, 6.07) is 11.3. The lowest BCUT2D eigenvalue weighted by Gasteiger charge is -2.24. The molecule has 0 fully saturated rings. The van der Waals surface area contributed by atoms with Crippen LogP contribution >= 0.6 is 7.75 Å². The Morgan fingerprint density at radius 3 is 2.27 bits per heavy atom. The number of hydrogen-bond donors (Lipinski definition) is 2. The molecule has 0 aliphatic rings. The van der Waals surface area contributed by atoms with Crippen LogP contribution in [-0.2, 0) is 15.8 Å². The van der Waals surface area contributed by atoms with E-state index >= 15 is 0 Å². The van der Waals surface area contributed by atoms with Crippen LogP contribution in [0.1, 0.15) is 12.0 Å². The Kier molecular flexibility index (Phi) is 5.97. The number of benzene rings is 2. The van der Waals surface area contributed by atoms with Gasteiger partial charge in [-0.15, -0.1) is 0 Å². The smallest absolute Gasteiger partial charge is 0.481 e. The second-order valence-corrected chi connectivity index (χ2v) is 7.18. The van der Waals surface area contributed by atoms with E-state index in [0.29, 0.717) is 12.1 Å². The normalized spacial score (nSPS) is 12.8. The van der Waals surface area contributed by atoms with E-state index in [0.717, 1.165) is 10.2 Å². The van der Waals surface area contributed by atoms with Crippen molar-refractivity contribution in [2.24, 2.45) is 0 Å². The summed E-state index contributed by atoms with van der Waals surface area (Å²) in [5.74, 6) is -0.881. The summed E-state index contributed by atoms with van der Waals surface area (Å²) in [4.78, 5) is 30.8. The third-order valence-corrected chi connectivity index (χ3v) is 5.03. The average Bonchev–Trinajstić information content (AvgIpc) is 2.60. The number of aliphatic carboxylic acids is 1. The summed E-state index contributed by atoms with van der Waals surface area (Å²) in [6.45, 7) is 0. The number of carboxylic acid groups (broad SMARTS) is 1. The average molecular weight is 380 g/mol. The Morgan fingerprint density at radius 1 is 1.19 bits per heavy atom. The van der Waals surface area contributed by atoms with Gasteiger partial charge in [-0.05, 0) is 36.2 Å².